The average Bonchev–Trinajstić information content (AvgIpc) is 3.93. The van der Waals surface area contributed by atoms with Gasteiger partial charge in [-0.3, -0.25) is 9.69 Å². The van der Waals surface area contributed by atoms with Gasteiger partial charge >= 0.3 is 0 Å². The summed E-state index contributed by atoms with van der Waals surface area (Å²) in [6, 6.07) is 7.28. The average molecular weight is 907 g/mol. The van der Waals surface area contributed by atoms with Crippen molar-refractivity contribution < 1.29 is 19.0 Å². The predicted molar refractivity (Wildman–Crippen MR) is 269 cm³/mol. The Morgan fingerprint density at radius 1 is 0.561 bits per heavy atom. The van der Waals surface area contributed by atoms with E-state index in [0.717, 1.165) is 23.7 Å². The van der Waals surface area contributed by atoms with Crippen molar-refractivity contribution in [1.82, 2.24) is 10.2 Å². The maximum Gasteiger partial charge on any atom is 0.251 e. The van der Waals surface area contributed by atoms with Gasteiger partial charge in [0.25, 0.3) is 5.91 Å². The molecule has 6 aliphatic carbocycles. The highest BCUT2D eigenvalue weighted by Gasteiger charge is 2.91. The minimum Gasteiger partial charge on any atom is -0.497 e. The van der Waals surface area contributed by atoms with Crippen molar-refractivity contribution in [2.75, 3.05) is 20.8 Å². The zero-order valence-electron chi connectivity index (χ0n) is 43.2. The van der Waals surface area contributed by atoms with E-state index in [1.165, 1.54) is 154 Å². The summed E-state index contributed by atoms with van der Waals surface area (Å²) in [6.45, 7) is 16.2. The second kappa shape index (κ2) is 18.9. The Balaban J connectivity index is 1.29. The molecule has 1 aromatic carbocycles. The van der Waals surface area contributed by atoms with Crippen LogP contribution in [0.3, 0.4) is 0 Å². The molecule has 2 bridgehead atoms. The molecule has 0 spiro atoms. The van der Waals surface area contributed by atoms with Crippen molar-refractivity contribution in [1.29, 1.82) is 0 Å². The van der Waals surface area contributed by atoms with Crippen LogP contribution in [0.1, 0.15) is 206 Å². The Morgan fingerprint density at radius 2 is 1.02 bits per heavy atom. The van der Waals surface area contributed by atoms with Crippen LogP contribution in [0.5, 0.6) is 11.5 Å². The number of ether oxygens (including phenoxy) is 3. The quantitative estimate of drug-likeness (QED) is 0.224. The Labute approximate surface area is 402 Å². The van der Waals surface area contributed by atoms with E-state index in [0.29, 0.717) is 83.2 Å². The highest BCUT2D eigenvalue weighted by atomic mass is 16.5. The number of hydrogen-bond donors (Lipinski definition) is 1. The summed E-state index contributed by atoms with van der Waals surface area (Å²) in [5.74, 6) is 8.69. The zero-order chi connectivity index (χ0) is 46.0. The minimum absolute atomic E-state index is 0.0326. The summed E-state index contributed by atoms with van der Waals surface area (Å²) in [4.78, 5) is 18.6. The van der Waals surface area contributed by atoms with Crippen molar-refractivity contribution in [3.8, 4) is 11.5 Å². The van der Waals surface area contributed by atoms with E-state index in [9.17, 15) is 0 Å². The number of nitrogens with zero attached hydrogens (tertiary/aromatic N) is 1. The molecule has 1 aromatic rings. The third kappa shape index (κ3) is 7.61. The molecule has 1 amide bonds. The van der Waals surface area contributed by atoms with Crippen molar-refractivity contribution >= 4 is 5.91 Å². The second-order valence-electron chi connectivity index (χ2n) is 25.9. The standard InChI is InChI=1S/C60H94N2O4/c1-39-15-9-21-45(29-39)54-59(49-24-12-18-42(4)32-49)57(38-61-56(63)47-35-52(64-7)37-53(36-47)65-8)27-28-58(66-57,48-23-11-17-41(3)31-48)60(59,50-25-13-19-43(5)33-50)55(46-22-10-16-40(2)30-46)62(54)51-26-14-20-44(6)34-51/h27-28,35-37,39-46,48-51,54-55H,9-26,29-34,38H2,1-8H3,(H,61,63). The molecule has 6 saturated carbocycles. The molecule has 3 aliphatic heterocycles. The van der Waals surface area contributed by atoms with Crippen LogP contribution in [-0.2, 0) is 4.74 Å². The van der Waals surface area contributed by atoms with Crippen LogP contribution < -0.4 is 14.8 Å². The number of fused-ring (bicyclic) bond motifs is 5. The van der Waals surface area contributed by atoms with Gasteiger partial charge in [-0.2, -0.15) is 0 Å². The molecular weight excluding hydrogens is 813 g/mol. The molecule has 8 fully saturated rings. The highest BCUT2D eigenvalue weighted by molar-refractivity contribution is 5.95. The van der Waals surface area contributed by atoms with Crippen molar-refractivity contribution in [2.24, 2.45) is 75.9 Å². The van der Waals surface area contributed by atoms with Gasteiger partial charge in [0.1, 0.15) is 17.1 Å². The fraction of sp³-hybridized carbons (Fsp3) is 0.850. The van der Waals surface area contributed by atoms with E-state index >= 15 is 4.79 Å². The predicted octanol–water partition coefficient (Wildman–Crippen LogP) is 14.2. The number of carbonyl (C=O) groups is 1. The van der Waals surface area contributed by atoms with Gasteiger partial charge in [-0.15, -0.1) is 0 Å². The van der Waals surface area contributed by atoms with E-state index in [1.807, 2.05) is 18.2 Å². The maximum atomic E-state index is 15.1. The number of hydrogen-bond acceptors (Lipinski definition) is 5. The fourth-order valence-corrected chi connectivity index (χ4v) is 19.6. The summed E-state index contributed by atoms with van der Waals surface area (Å²) < 4.78 is 20.4. The van der Waals surface area contributed by atoms with E-state index in [2.05, 4.69) is 63.9 Å². The van der Waals surface area contributed by atoms with Crippen molar-refractivity contribution in [3.63, 3.8) is 0 Å². The third-order valence-electron chi connectivity index (χ3n) is 21.6. The smallest absolute Gasteiger partial charge is 0.251 e. The lowest BCUT2D eigenvalue weighted by molar-refractivity contribution is -0.166. The van der Waals surface area contributed by atoms with Crippen LogP contribution in [0.15, 0.2) is 30.4 Å². The number of amides is 1. The summed E-state index contributed by atoms with van der Waals surface area (Å²) in [5.41, 5.74) is -0.511. The molecule has 18 atom stereocenters. The van der Waals surface area contributed by atoms with Crippen molar-refractivity contribution in [3.05, 3.63) is 35.9 Å². The molecule has 66 heavy (non-hydrogen) atoms. The van der Waals surface area contributed by atoms with Gasteiger partial charge in [0, 0.05) is 40.6 Å². The summed E-state index contributed by atoms with van der Waals surface area (Å²) >= 11 is 0. The molecule has 18 unspecified atom stereocenters. The van der Waals surface area contributed by atoms with Gasteiger partial charge in [0.05, 0.1) is 26.4 Å². The van der Waals surface area contributed by atoms with Crippen LogP contribution in [-0.4, -0.2) is 60.9 Å². The van der Waals surface area contributed by atoms with Gasteiger partial charge in [0.2, 0.25) is 0 Å². The van der Waals surface area contributed by atoms with Crippen LogP contribution in [0.4, 0.5) is 0 Å². The molecule has 2 saturated heterocycles. The lowest BCUT2D eigenvalue weighted by atomic mass is 9.34. The van der Waals surface area contributed by atoms with E-state index in [-0.39, 0.29) is 22.3 Å². The van der Waals surface area contributed by atoms with Gasteiger partial charge in [-0.05, 0) is 154 Å². The first-order valence-corrected chi connectivity index (χ1v) is 28.6. The van der Waals surface area contributed by atoms with Gasteiger partial charge in [-0.25, -0.2) is 0 Å². The van der Waals surface area contributed by atoms with Crippen LogP contribution in [0.2, 0.25) is 0 Å². The number of rotatable bonds is 11. The number of likely N-dealkylation sites (tertiary alicyclic amines) is 1. The number of benzene rings is 1. The monoisotopic (exact) mass is 907 g/mol. The number of nitrogens with one attached hydrogen (secondary N) is 1. The Hall–Kier alpha value is -2.05. The SMILES string of the molecule is COc1cc(OC)cc(C(=O)NCC23C=CC(C4CCCC(C)C4)(O2)C2(C4CCCC(C)C4)C(C4CCCC(C)C4)N(C4CCCC(C)C4)C(C4CCCC(C)C4)C32C2CCCC(C)C2)c1. The topological polar surface area (TPSA) is 60.0 Å². The number of methoxy groups -OCH3 is 2. The normalized spacial score (nSPS) is 47.3. The molecule has 6 nitrogen and oxygen atoms in total. The Morgan fingerprint density at radius 3 is 1.53 bits per heavy atom. The molecule has 9 aliphatic rings. The van der Waals surface area contributed by atoms with Gasteiger partial charge in [0.15, 0.2) is 0 Å². The molecular formula is C60H94N2O4. The third-order valence-corrected chi connectivity index (χ3v) is 21.6. The van der Waals surface area contributed by atoms with Gasteiger partial charge < -0.3 is 19.5 Å². The zero-order valence-corrected chi connectivity index (χ0v) is 43.2. The lowest BCUT2D eigenvalue weighted by Gasteiger charge is -2.66. The first-order chi connectivity index (χ1) is 31.9. The molecule has 0 aromatic heterocycles. The molecule has 0 radical (unpaired) electrons. The summed E-state index contributed by atoms with van der Waals surface area (Å²) in [6.07, 6.45) is 37.9. The first-order valence-electron chi connectivity index (χ1n) is 28.6. The van der Waals surface area contributed by atoms with Crippen LogP contribution in [0, 0.1) is 75.9 Å². The molecule has 3 heterocycles. The van der Waals surface area contributed by atoms with Crippen molar-refractivity contribution in [2.45, 2.75) is 225 Å². The highest BCUT2D eigenvalue weighted by Crippen LogP contribution is 2.85. The Kier molecular flexibility index (Phi) is 13.7. The summed E-state index contributed by atoms with van der Waals surface area (Å²) in [5, 5.41) is 3.80. The molecule has 1 N–H and O–H groups in total. The summed E-state index contributed by atoms with van der Waals surface area (Å²) in [7, 11) is 3.37. The van der Waals surface area contributed by atoms with Crippen LogP contribution >= 0.6 is 0 Å². The van der Waals surface area contributed by atoms with E-state index in [1.54, 1.807) is 14.2 Å². The van der Waals surface area contributed by atoms with Crippen LogP contribution in [0.25, 0.3) is 0 Å². The molecule has 10 rings (SSSR count). The Bertz CT molecular complexity index is 1880. The largest absolute Gasteiger partial charge is 0.497 e. The number of carbonyl (C=O) groups excluding carboxylic acids is 1. The maximum absolute atomic E-state index is 15.1. The minimum atomic E-state index is -0.604. The second-order valence-corrected chi connectivity index (χ2v) is 25.9. The van der Waals surface area contributed by atoms with E-state index < -0.39 is 5.60 Å². The molecule has 368 valence electrons. The molecule has 6 heteroatoms. The van der Waals surface area contributed by atoms with Gasteiger partial charge in [-0.1, -0.05) is 131 Å². The lowest BCUT2D eigenvalue weighted by Crippen LogP contribution is -2.71. The fourth-order valence-electron chi connectivity index (χ4n) is 19.6. The first kappa shape index (κ1) is 47.6. The van der Waals surface area contributed by atoms with E-state index in [4.69, 9.17) is 14.2 Å².